The van der Waals surface area contributed by atoms with Crippen LogP contribution in [-0.4, -0.2) is 33.5 Å². The maximum Gasteiger partial charge on any atom is 0.174 e. The lowest BCUT2D eigenvalue weighted by atomic mass is 9.90. The molecule has 0 saturated heterocycles. The number of anilines is 1. The van der Waals surface area contributed by atoms with Crippen molar-refractivity contribution in [3.63, 3.8) is 0 Å². The standard InChI is InChI=1S/C29H27Cl2N5O2/c30-23-2-1-3-25(32)26(23)27(33)22(28(37)16-6-7-16)14-38-18-10-11-19(24(31)12-18)21-13-20(21)15-4-8-17(9-5-15)29-34-36-35-29/h1-5,8-12,16,20-22,33,36H,6-7,13-14,32H2,(H,34,35). The number of carbonyl (C=O) groups excluding carboxylic acids is 1. The summed E-state index contributed by atoms with van der Waals surface area (Å²) in [5, 5.41) is 19.5. The maximum atomic E-state index is 13.1. The van der Waals surface area contributed by atoms with Crippen molar-refractivity contribution < 1.29 is 9.53 Å². The van der Waals surface area contributed by atoms with Crippen LogP contribution in [-0.2, 0) is 4.79 Å². The number of aromatic amines is 2. The number of ketones is 1. The molecule has 2 fully saturated rings. The second-order valence-corrected chi connectivity index (χ2v) is 10.9. The number of ether oxygens (including phenoxy) is 1. The highest BCUT2D eigenvalue weighted by Crippen LogP contribution is 2.56. The van der Waals surface area contributed by atoms with Crippen LogP contribution >= 0.6 is 23.2 Å². The van der Waals surface area contributed by atoms with Crippen LogP contribution in [0.4, 0.5) is 5.69 Å². The minimum absolute atomic E-state index is 0.000280. The molecule has 38 heavy (non-hydrogen) atoms. The van der Waals surface area contributed by atoms with Crippen molar-refractivity contribution in [1.29, 1.82) is 5.41 Å². The van der Waals surface area contributed by atoms with E-state index in [1.54, 1.807) is 24.3 Å². The van der Waals surface area contributed by atoms with Crippen LogP contribution in [0, 0.1) is 17.2 Å². The van der Waals surface area contributed by atoms with E-state index in [4.69, 9.17) is 39.1 Å². The van der Waals surface area contributed by atoms with E-state index in [0.29, 0.717) is 38.9 Å². The van der Waals surface area contributed by atoms with E-state index >= 15 is 0 Å². The van der Waals surface area contributed by atoms with E-state index in [0.717, 1.165) is 36.2 Å². The molecule has 4 aromatic rings. The molecule has 3 aromatic carbocycles. The SMILES string of the molecule is N=C(c1c(N)cccc1Cl)C(COc1ccc(C2CC2c2ccc(-c3n[nH][nH]3)cc2)c(Cl)c1)C(=O)C1CC1. The van der Waals surface area contributed by atoms with Gasteiger partial charge in [0.15, 0.2) is 5.82 Å². The maximum absolute atomic E-state index is 13.1. The molecule has 6 rings (SSSR count). The Kier molecular flexibility index (Phi) is 6.50. The summed E-state index contributed by atoms with van der Waals surface area (Å²) in [6.45, 7) is 0.0303. The molecule has 0 bridgehead atoms. The fourth-order valence-corrected chi connectivity index (χ4v) is 5.68. The second-order valence-electron chi connectivity index (χ2n) is 10.1. The lowest BCUT2D eigenvalue weighted by molar-refractivity contribution is -0.122. The van der Waals surface area contributed by atoms with Crippen LogP contribution in [0.2, 0.25) is 10.0 Å². The average Bonchev–Trinajstić information content (AvgIpc) is 3.78. The van der Waals surface area contributed by atoms with Gasteiger partial charge in [-0.2, -0.15) is 0 Å². The van der Waals surface area contributed by atoms with Crippen molar-refractivity contribution in [1.82, 2.24) is 15.4 Å². The molecular weight excluding hydrogens is 521 g/mol. The summed E-state index contributed by atoms with van der Waals surface area (Å²) >= 11 is 13.0. The molecule has 2 aliphatic carbocycles. The summed E-state index contributed by atoms with van der Waals surface area (Å²) in [5.74, 6) is 1.39. The Balaban J connectivity index is 1.14. The second kappa shape index (κ2) is 9.97. The number of hydrogen-bond acceptors (Lipinski definition) is 5. The minimum Gasteiger partial charge on any atom is -0.492 e. The van der Waals surface area contributed by atoms with Gasteiger partial charge in [0.25, 0.3) is 0 Å². The number of nitrogen functional groups attached to an aromatic ring is 1. The van der Waals surface area contributed by atoms with Gasteiger partial charge in [-0.25, -0.2) is 5.21 Å². The molecular formula is C29H27Cl2N5O2. The number of carbonyl (C=O) groups is 1. The van der Waals surface area contributed by atoms with E-state index in [-0.39, 0.29) is 24.0 Å². The van der Waals surface area contributed by atoms with Crippen LogP contribution in [0.3, 0.4) is 0 Å². The number of nitrogens with zero attached hydrogens (tertiary/aromatic N) is 1. The average molecular weight is 548 g/mol. The number of halogens is 2. The van der Waals surface area contributed by atoms with Crippen LogP contribution in [0.15, 0.2) is 60.7 Å². The topological polar surface area (TPSA) is 121 Å². The lowest BCUT2D eigenvalue weighted by Crippen LogP contribution is -2.32. The highest BCUT2D eigenvalue weighted by molar-refractivity contribution is 6.35. The van der Waals surface area contributed by atoms with Gasteiger partial charge in [-0.15, -0.1) is 5.10 Å². The zero-order valence-corrected chi connectivity index (χ0v) is 22.0. The quantitative estimate of drug-likeness (QED) is 0.132. The van der Waals surface area contributed by atoms with Crippen molar-refractivity contribution in [3.05, 3.63) is 87.4 Å². The Labute approximate surface area is 230 Å². The van der Waals surface area contributed by atoms with Gasteiger partial charge in [0.2, 0.25) is 0 Å². The van der Waals surface area contributed by atoms with Gasteiger partial charge in [-0.1, -0.05) is 59.6 Å². The number of aromatic nitrogens is 3. The first-order chi connectivity index (χ1) is 18.4. The van der Waals surface area contributed by atoms with Crippen molar-refractivity contribution in [3.8, 4) is 17.1 Å². The van der Waals surface area contributed by atoms with Gasteiger partial charge in [0.1, 0.15) is 18.1 Å². The highest BCUT2D eigenvalue weighted by atomic mass is 35.5. The fraction of sp³-hybridized carbons (Fsp3) is 0.276. The van der Waals surface area contributed by atoms with Gasteiger partial charge in [-0.3, -0.25) is 9.89 Å². The molecule has 0 radical (unpaired) electrons. The van der Waals surface area contributed by atoms with E-state index in [9.17, 15) is 4.79 Å². The normalized spacial score (nSPS) is 19.2. The summed E-state index contributed by atoms with van der Waals surface area (Å²) in [6, 6.07) is 19.2. The Morgan fingerprint density at radius 3 is 2.47 bits per heavy atom. The first-order valence-corrected chi connectivity index (χ1v) is 13.4. The number of nitrogens with one attached hydrogen (secondary N) is 3. The van der Waals surface area contributed by atoms with Gasteiger partial charge in [0, 0.05) is 27.8 Å². The number of H-pyrrole nitrogens is 2. The number of benzene rings is 3. The van der Waals surface area contributed by atoms with Gasteiger partial charge in [-0.05, 0) is 66.5 Å². The van der Waals surface area contributed by atoms with Crippen LogP contribution in [0.25, 0.3) is 11.4 Å². The van der Waals surface area contributed by atoms with Crippen LogP contribution in [0.5, 0.6) is 5.75 Å². The zero-order chi connectivity index (χ0) is 26.4. The first-order valence-electron chi connectivity index (χ1n) is 12.7. The van der Waals surface area contributed by atoms with Gasteiger partial charge >= 0.3 is 0 Å². The predicted molar refractivity (Wildman–Crippen MR) is 149 cm³/mol. The molecule has 2 saturated carbocycles. The van der Waals surface area contributed by atoms with Crippen molar-refractivity contribution in [2.45, 2.75) is 31.1 Å². The third-order valence-electron chi connectivity index (χ3n) is 7.52. The fourth-order valence-electron chi connectivity index (χ4n) is 5.08. The van der Waals surface area contributed by atoms with Gasteiger partial charge in [0.05, 0.1) is 16.7 Å². The Morgan fingerprint density at radius 1 is 1.08 bits per heavy atom. The van der Waals surface area contributed by atoms with Crippen molar-refractivity contribution in [2.75, 3.05) is 12.3 Å². The summed E-state index contributed by atoms with van der Waals surface area (Å²) in [7, 11) is 0. The molecule has 1 heterocycles. The molecule has 1 aromatic heterocycles. The molecule has 2 aliphatic rings. The largest absolute Gasteiger partial charge is 0.492 e. The Morgan fingerprint density at radius 2 is 1.84 bits per heavy atom. The van der Waals surface area contributed by atoms with E-state index in [1.165, 1.54) is 5.56 Å². The van der Waals surface area contributed by atoms with E-state index in [2.05, 4.69) is 39.7 Å². The number of nitrogens with two attached hydrogens (primary N) is 1. The molecule has 9 heteroatoms. The summed E-state index contributed by atoms with van der Waals surface area (Å²) in [4.78, 5) is 13.1. The summed E-state index contributed by atoms with van der Waals surface area (Å²) in [6.07, 6.45) is 2.72. The number of hydrogen-bond donors (Lipinski definition) is 4. The number of rotatable bonds is 10. The molecule has 5 N–H and O–H groups in total. The molecule has 7 nitrogen and oxygen atoms in total. The monoisotopic (exact) mass is 547 g/mol. The Hall–Kier alpha value is -3.55. The van der Waals surface area contributed by atoms with Gasteiger partial charge < -0.3 is 15.9 Å². The van der Waals surface area contributed by atoms with Crippen LogP contribution < -0.4 is 10.5 Å². The number of Topliss-reactive ketones (excluding diaryl/α,β-unsaturated/α-hetero) is 1. The summed E-state index contributed by atoms with van der Waals surface area (Å²) in [5.41, 5.74) is 10.4. The third kappa shape index (κ3) is 4.84. The van der Waals surface area contributed by atoms with Crippen molar-refractivity contribution in [2.24, 2.45) is 11.8 Å². The highest BCUT2D eigenvalue weighted by Gasteiger charge is 2.41. The molecule has 0 amide bonds. The van der Waals surface area contributed by atoms with E-state index < -0.39 is 5.92 Å². The third-order valence-corrected chi connectivity index (χ3v) is 8.16. The first kappa shape index (κ1) is 24.8. The molecule has 0 aliphatic heterocycles. The molecule has 0 spiro atoms. The summed E-state index contributed by atoms with van der Waals surface area (Å²) < 4.78 is 6.04. The molecule has 3 unspecified atom stereocenters. The molecule has 194 valence electrons. The van der Waals surface area contributed by atoms with E-state index in [1.807, 2.05) is 12.1 Å². The smallest absolute Gasteiger partial charge is 0.174 e. The van der Waals surface area contributed by atoms with Crippen molar-refractivity contribution >= 4 is 40.4 Å². The minimum atomic E-state index is -0.754. The predicted octanol–water partition coefficient (Wildman–Crippen LogP) is 6.61. The zero-order valence-electron chi connectivity index (χ0n) is 20.5. The lowest BCUT2D eigenvalue weighted by Gasteiger charge is -2.20. The van der Waals surface area contributed by atoms with Crippen LogP contribution in [0.1, 0.15) is 47.8 Å². The Bertz CT molecular complexity index is 1480. The molecule has 3 atom stereocenters.